The SMILES string of the molecule is C[C@@H](NC(=O)c1ccoc1)C(=O)Nc1ccc(CC(=O)N2CCOCC2)cc1. The predicted octanol–water partition coefficient (Wildman–Crippen LogP) is 1.44. The summed E-state index contributed by atoms with van der Waals surface area (Å²) in [5.41, 5.74) is 1.82. The summed E-state index contributed by atoms with van der Waals surface area (Å²) < 4.78 is 10.1. The third-order valence-corrected chi connectivity index (χ3v) is 4.46. The maximum Gasteiger partial charge on any atom is 0.255 e. The van der Waals surface area contributed by atoms with Gasteiger partial charge in [0.05, 0.1) is 31.5 Å². The van der Waals surface area contributed by atoms with Crippen molar-refractivity contribution in [1.82, 2.24) is 10.2 Å². The standard InChI is InChI=1S/C20H23N3O5/c1-14(21-20(26)16-6-9-28-13-16)19(25)22-17-4-2-15(3-5-17)12-18(24)23-7-10-27-11-8-23/h2-6,9,13-14H,7-8,10-12H2,1H3,(H,21,26)(H,22,25)/t14-/m1/s1. The molecule has 1 aliphatic heterocycles. The highest BCUT2D eigenvalue weighted by Gasteiger charge is 2.18. The summed E-state index contributed by atoms with van der Waals surface area (Å²) in [7, 11) is 0. The molecular formula is C20H23N3O5. The molecule has 0 bridgehead atoms. The van der Waals surface area contributed by atoms with Crippen molar-refractivity contribution < 1.29 is 23.5 Å². The van der Waals surface area contributed by atoms with Crippen molar-refractivity contribution in [3.63, 3.8) is 0 Å². The minimum atomic E-state index is -0.718. The Morgan fingerprint density at radius 1 is 1.11 bits per heavy atom. The van der Waals surface area contributed by atoms with E-state index in [4.69, 9.17) is 9.15 Å². The van der Waals surface area contributed by atoms with E-state index in [9.17, 15) is 14.4 Å². The highest BCUT2D eigenvalue weighted by atomic mass is 16.5. The summed E-state index contributed by atoms with van der Waals surface area (Å²) >= 11 is 0. The molecule has 1 aliphatic rings. The second kappa shape index (κ2) is 9.18. The summed E-state index contributed by atoms with van der Waals surface area (Å²) in [6.07, 6.45) is 3.02. The molecule has 0 aliphatic carbocycles. The Kier molecular flexibility index (Phi) is 6.44. The molecule has 3 rings (SSSR count). The maximum absolute atomic E-state index is 12.3. The van der Waals surface area contributed by atoms with E-state index in [0.29, 0.717) is 44.0 Å². The number of furan rings is 1. The van der Waals surface area contributed by atoms with Crippen molar-refractivity contribution in [2.45, 2.75) is 19.4 Å². The number of nitrogens with zero attached hydrogens (tertiary/aromatic N) is 1. The molecule has 148 valence electrons. The topological polar surface area (TPSA) is 101 Å². The van der Waals surface area contributed by atoms with Gasteiger partial charge in [-0.1, -0.05) is 12.1 Å². The summed E-state index contributed by atoms with van der Waals surface area (Å²) in [5, 5.41) is 5.35. The van der Waals surface area contributed by atoms with E-state index < -0.39 is 6.04 Å². The Hall–Kier alpha value is -3.13. The van der Waals surface area contributed by atoms with Gasteiger partial charge in [-0.05, 0) is 30.7 Å². The zero-order chi connectivity index (χ0) is 19.9. The molecule has 1 atom stereocenters. The van der Waals surface area contributed by atoms with Gasteiger partial charge in [-0.3, -0.25) is 14.4 Å². The van der Waals surface area contributed by atoms with Gasteiger partial charge in [0.2, 0.25) is 11.8 Å². The van der Waals surface area contributed by atoms with Gasteiger partial charge in [0.25, 0.3) is 5.91 Å². The Bertz CT molecular complexity index is 811. The molecule has 1 fully saturated rings. The molecular weight excluding hydrogens is 362 g/mol. The fourth-order valence-corrected chi connectivity index (χ4v) is 2.79. The molecule has 28 heavy (non-hydrogen) atoms. The van der Waals surface area contributed by atoms with Gasteiger partial charge in [-0.2, -0.15) is 0 Å². The summed E-state index contributed by atoms with van der Waals surface area (Å²) in [6.45, 7) is 3.99. The van der Waals surface area contributed by atoms with Crippen molar-refractivity contribution >= 4 is 23.4 Å². The fraction of sp³-hybridized carbons (Fsp3) is 0.350. The van der Waals surface area contributed by atoms with E-state index in [1.807, 2.05) is 12.1 Å². The van der Waals surface area contributed by atoms with Crippen LogP contribution in [-0.2, 0) is 20.7 Å². The van der Waals surface area contributed by atoms with Crippen LogP contribution >= 0.6 is 0 Å². The van der Waals surface area contributed by atoms with E-state index in [1.165, 1.54) is 18.6 Å². The van der Waals surface area contributed by atoms with Gasteiger partial charge in [0, 0.05) is 18.8 Å². The smallest absolute Gasteiger partial charge is 0.255 e. The van der Waals surface area contributed by atoms with Crippen LogP contribution in [0.3, 0.4) is 0 Å². The molecule has 1 saturated heterocycles. The lowest BCUT2D eigenvalue weighted by Crippen LogP contribution is -2.41. The van der Waals surface area contributed by atoms with Gasteiger partial charge in [0.15, 0.2) is 0 Å². The monoisotopic (exact) mass is 385 g/mol. The van der Waals surface area contributed by atoms with Crippen LogP contribution in [0.25, 0.3) is 0 Å². The zero-order valence-electron chi connectivity index (χ0n) is 15.6. The Labute approximate surface area is 162 Å². The first-order valence-electron chi connectivity index (χ1n) is 9.11. The van der Waals surface area contributed by atoms with E-state index >= 15 is 0 Å². The number of benzene rings is 1. The maximum atomic E-state index is 12.3. The molecule has 2 heterocycles. The van der Waals surface area contributed by atoms with Crippen LogP contribution in [0, 0.1) is 0 Å². The number of hydrogen-bond donors (Lipinski definition) is 2. The normalized spacial score (nSPS) is 15.0. The minimum Gasteiger partial charge on any atom is -0.472 e. The van der Waals surface area contributed by atoms with E-state index in [2.05, 4.69) is 10.6 Å². The highest BCUT2D eigenvalue weighted by molar-refractivity contribution is 6.00. The number of amides is 3. The van der Waals surface area contributed by atoms with Crippen molar-refractivity contribution in [2.24, 2.45) is 0 Å². The molecule has 2 N–H and O–H groups in total. The molecule has 3 amide bonds. The molecule has 8 heteroatoms. The van der Waals surface area contributed by atoms with Crippen molar-refractivity contribution in [3.05, 3.63) is 54.0 Å². The molecule has 0 spiro atoms. The third-order valence-electron chi connectivity index (χ3n) is 4.46. The Morgan fingerprint density at radius 2 is 1.82 bits per heavy atom. The van der Waals surface area contributed by atoms with Gasteiger partial charge in [0.1, 0.15) is 12.3 Å². The van der Waals surface area contributed by atoms with Crippen molar-refractivity contribution in [1.29, 1.82) is 0 Å². The molecule has 0 radical (unpaired) electrons. The molecule has 1 aromatic carbocycles. The first-order chi connectivity index (χ1) is 13.5. The quantitative estimate of drug-likeness (QED) is 0.784. The largest absolute Gasteiger partial charge is 0.472 e. The van der Waals surface area contributed by atoms with E-state index in [0.717, 1.165) is 5.56 Å². The average molecular weight is 385 g/mol. The van der Waals surface area contributed by atoms with Crippen molar-refractivity contribution in [3.8, 4) is 0 Å². The Morgan fingerprint density at radius 3 is 2.46 bits per heavy atom. The van der Waals surface area contributed by atoms with Gasteiger partial charge in [-0.25, -0.2) is 0 Å². The molecule has 0 saturated carbocycles. The lowest BCUT2D eigenvalue weighted by atomic mass is 10.1. The number of rotatable bonds is 6. The Balaban J connectivity index is 1.49. The van der Waals surface area contributed by atoms with Gasteiger partial charge < -0.3 is 24.7 Å². The number of carbonyl (C=O) groups is 3. The predicted molar refractivity (Wildman–Crippen MR) is 102 cm³/mol. The van der Waals surface area contributed by atoms with Gasteiger partial charge in [-0.15, -0.1) is 0 Å². The number of carbonyl (C=O) groups excluding carboxylic acids is 3. The highest BCUT2D eigenvalue weighted by Crippen LogP contribution is 2.12. The molecule has 1 aromatic heterocycles. The lowest BCUT2D eigenvalue weighted by Gasteiger charge is -2.26. The summed E-state index contributed by atoms with van der Waals surface area (Å²) in [5.74, 6) is -0.655. The van der Waals surface area contributed by atoms with Gasteiger partial charge >= 0.3 is 0 Å². The summed E-state index contributed by atoms with van der Waals surface area (Å²) in [4.78, 5) is 38.3. The summed E-state index contributed by atoms with van der Waals surface area (Å²) in [6, 6.07) is 7.90. The third kappa shape index (κ3) is 5.20. The van der Waals surface area contributed by atoms with E-state index in [1.54, 1.807) is 24.0 Å². The first kappa shape index (κ1) is 19.6. The number of hydrogen-bond acceptors (Lipinski definition) is 5. The molecule has 2 aromatic rings. The number of morpholine rings is 1. The van der Waals surface area contributed by atoms with Crippen LogP contribution in [0.2, 0.25) is 0 Å². The van der Waals surface area contributed by atoms with Crippen molar-refractivity contribution in [2.75, 3.05) is 31.6 Å². The number of ether oxygens (including phenoxy) is 1. The second-order valence-electron chi connectivity index (χ2n) is 6.56. The second-order valence-corrected chi connectivity index (χ2v) is 6.56. The molecule has 0 unspecified atom stereocenters. The van der Waals surface area contributed by atoms with Crippen LogP contribution in [-0.4, -0.2) is 55.0 Å². The fourth-order valence-electron chi connectivity index (χ4n) is 2.79. The number of nitrogens with one attached hydrogen (secondary N) is 2. The van der Waals surface area contributed by atoms with Crippen LogP contribution in [0.15, 0.2) is 47.3 Å². The van der Waals surface area contributed by atoms with E-state index in [-0.39, 0.29) is 17.7 Å². The number of anilines is 1. The first-order valence-corrected chi connectivity index (χ1v) is 9.11. The molecule has 8 nitrogen and oxygen atoms in total. The average Bonchev–Trinajstić information content (AvgIpc) is 3.25. The van der Waals surface area contributed by atoms with Crippen LogP contribution in [0.5, 0.6) is 0 Å². The van der Waals surface area contributed by atoms with Crippen LogP contribution in [0.1, 0.15) is 22.8 Å². The lowest BCUT2D eigenvalue weighted by molar-refractivity contribution is -0.134. The van der Waals surface area contributed by atoms with Crippen LogP contribution in [0.4, 0.5) is 5.69 Å². The zero-order valence-corrected chi connectivity index (χ0v) is 15.6. The minimum absolute atomic E-state index is 0.0654. The van der Waals surface area contributed by atoms with Crippen LogP contribution < -0.4 is 10.6 Å².